The van der Waals surface area contributed by atoms with E-state index in [9.17, 15) is 0 Å². The summed E-state index contributed by atoms with van der Waals surface area (Å²) in [6, 6.07) is 138. The minimum Gasteiger partial charge on any atom is -0.304 e. The van der Waals surface area contributed by atoms with Crippen molar-refractivity contribution in [3.05, 3.63) is 434 Å². The molecule has 0 unspecified atom stereocenters. The fraction of sp³-hybridized carbons (Fsp3) is 0.182. The first-order chi connectivity index (χ1) is 66.5. The Morgan fingerprint density at radius 2 is 0.343 bits per heavy atom. The Balaban J connectivity index is 0.00000676. The molecule has 0 amide bonds. The van der Waals surface area contributed by atoms with Crippen molar-refractivity contribution in [3.63, 3.8) is 0 Å². The van der Waals surface area contributed by atoms with E-state index in [2.05, 4.69) is 463 Å². The van der Waals surface area contributed by atoms with Crippen molar-refractivity contribution < 1.29 is 40.2 Å². The van der Waals surface area contributed by atoms with E-state index in [1.54, 1.807) is 6.33 Å². The molecular weight excluding hydrogens is 2050 g/mol. The maximum absolute atomic E-state index is 4.98. The summed E-state index contributed by atoms with van der Waals surface area (Å²) in [4.78, 5) is 29.7. The van der Waals surface area contributed by atoms with Gasteiger partial charge in [-0.2, -0.15) is 0 Å². The maximum atomic E-state index is 4.98. The summed E-state index contributed by atoms with van der Waals surface area (Å²) in [5, 5.41) is 0. The molecule has 0 spiro atoms. The van der Waals surface area contributed by atoms with Crippen LogP contribution in [0, 0.1) is 85.8 Å². The average Bonchev–Trinajstić information content (AvgIpc) is 0.767. The molecule has 19 aromatic rings. The normalized spacial score (nSPS) is 11.7. The van der Waals surface area contributed by atoms with Crippen LogP contribution < -0.4 is 0 Å². The number of hydrogen-bond donors (Lipinski definition) is 0. The summed E-state index contributed by atoms with van der Waals surface area (Å²) >= 11 is 0. The molecule has 0 aliphatic rings. The molecule has 0 saturated heterocycles. The summed E-state index contributed by atoms with van der Waals surface area (Å²) in [7, 11) is 0. The van der Waals surface area contributed by atoms with Crippen LogP contribution in [-0.2, 0) is 65.9 Å². The summed E-state index contributed by atoms with van der Waals surface area (Å²) in [5.41, 5.74) is 47.4. The van der Waals surface area contributed by atoms with Crippen molar-refractivity contribution in [2.24, 2.45) is 21.7 Å². The number of rotatable bonds is 22. The van der Waals surface area contributed by atoms with Crippen LogP contribution in [0.2, 0.25) is 0 Å². The molecule has 0 saturated carbocycles. The van der Waals surface area contributed by atoms with Gasteiger partial charge in [-0.25, -0.2) is 0 Å². The first-order valence-corrected chi connectivity index (χ1v) is 48.1. The largest absolute Gasteiger partial charge is 3.00 e. The molecule has 5 aromatic heterocycles. The number of nitrogens with zero attached hydrogens (tertiary/aromatic N) is 6. The van der Waals surface area contributed by atoms with Gasteiger partial charge in [-0.1, -0.05) is 348 Å². The van der Waals surface area contributed by atoms with Gasteiger partial charge >= 0.3 is 40.2 Å². The smallest absolute Gasteiger partial charge is 0.304 e. The van der Waals surface area contributed by atoms with Gasteiger partial charge in [-0.15, -0.1) is 179 Å². The number of hydrogen-bond acceptors (Lipinski definition) is 6. The second kappa shape index (κ2) is 41.2. The number of aromatic nitrogens is 6. The molecule has 5 heterocycles. The SMILES string of the molecule is Cc1cc(-c2[c-]cc(-c3ccccc3-c3cc(-c4ccccc4-c4c[c-]c(-c5cc(-c6[c-]cc(-c7ccccc7-c7cc(-c8ccccc8-c8c[c-]c(-c9cc(C)c(CC(C)(C)C)cn9)cc8)cc(-c8ccccc8-c8c[c-]c(-c9cc(C)c(CC(C)(C)C)cn9)cc8)c7)cc6)ncn5)cc4)cc(-c4ccccc4-c4c[c-]c(-c5cc(C)c(CC(C)(C)C)cn5)cc4)c3)cc2)ncc1CC(C)(C)C.[Ir+3].[Ir+3]. The molecule has 0 N–H and O–H groups in total. The van der Waals surface area contributed by atoms with Crippen molar-refractivity contribution in [3.8, 4) is 201 Å². The van der Waals surface area contributed by atoms with Crippen LogP contribution in [0.5, 0.6) is 0 Å². The van der Waals surface area contributed by atoms with E-state index in [4.69, 9.17) is 29.9 Å². The van der Waals surface area contributed by atoms with Gasteiger partial charge in [0.1, 0.15) is 0 Å². The summed E-state index contributed by atoms with van der Waals surface area (Å²) in [6.45, 7) is 36.1. The van der Waals surface area contributed by atoms with Gasteiger partial charge in [0.25, 0.3) is 0 Å². The average molecular weight is 2170 g/mol. The van der Waals surface area contributed by atoms with Crippen LogP contribution in [0.25, 0.3) is 201 Å². The Bertz CT molecular complexity index is 6920. The van der Waals surface area contributed by atoms with Crippen molar-refractivity contribution in [2.45, 2.75) is 136 Å². The maximum Gasteiger partial charge on any atom is 3.00 e. The van der Waals surface area contributed by atoms with E-state index in [-0.39, 0.29) is 61.9 Å². The van der Waals surface area contributed by atoms with Crippen molar-refractivity contribution in [2.75, 3.05) is 0 Å². The Morgan fingerprint density at radius 1 is 0.186 bits per heavy atom. The van der Waals surface area contributed by atoms with E-state index in [0.717, 1.165) is 227 Å². The van der Waals surface area contributed by atoms with Crippen molar-refractivity contribution in [1.29, 1.82) is 0 Å². The molecular formula is C132H114Ir2N6. The summed E-state index contributed by atoms with van der Waals surface area (Å²) in [5.74, 6) is 0. The predicted molar refractivity (Wildman–Crippen MR) is 576 cm³/mol. The van der Waals surface area contributed by atoms with Crippen LogP contribution in [0.1, 0.15) is 128 Å². The van der Waals surface area contributed by atoms with Crippen LogP contribution in [-0.4, -0.2) is 29.9 Å². The van der Waals surface area contributed by atoms with Gasteiger partial charge in [0, 0.05) is 24.8 Å². The van der Waals surface area contributed by atoms with Crippen LogP contribution in [0.4, 0.5) is 0 Å². The van der Waals surface area contributed by atoms with E-state index < -0.39 is 0 Å². The molecule has 0 bridgehead atoms. The molecule has 19 rings (SSSR count). The molecule has 14 aromatic carbocycles. The topological polar surface area (TPSA) is 77.3 Å². The third-order valence-electron chi connectivity index (χ3n) is 26.1. The zero-order valence-corrected chi connectivity index (χ0v) is 87.5. The molecule has 0 aliphatic carbocycles. The first kappa shape index (κ1) is 97.7. The third-order valence-corrected chi connectivity index (χ3v) is 26.1. The Morgan fingerprint density at radius 3 is 0.486 bits per heavy atom. The second-order valence-corrected chi connectivity index (χ2v) is 42.0. The predicted octanol–water partition coefficient (Wildman–Crippen LogP) is 34.4. The Labute approximate surface area is 855 Å². The Hall–Kier alpha value is -13.9. The number of pyridine rings is 4. The molecule has 0 radical (unpaired) electrons. The molecule has 140 heavy (non-hydrogen) atoms. The first-order valence-electron chi connectivity index (χ1n) is 48.1. The molecule has 6 nitrogen and oxygen atoms in total. The third kappa shape index (κ3) is 22.3. The second-order valence-electron chi connectivity index (χ2n) is 42.0. The van der Waals surface area contributed by atoms with Gasteiger partial charge in [-0.3, -0.25) is 9.97 Å². The Kier molecular flexibility index (Phi) is 28.8. The number of aryl methyl sites for hydroxylation is 4. The minimum absolute atomic E-state index is 0. The fourth-order valence-corrected chi connectivity index (χ4v) is 19.2. The van der Waals surface area contributed by atoms with Gasteiger partial charge in [0.05, 0.1) is 6.33 Å². The van der Waals surface area contributed by atoms with E-state index in [0.29, 0.717) is 0 Å². The number of benzene rings is 14. The van der Waals surface area contributed by atoms with Crippen molar-refractivity contribution in [1.82, 2.24) is 29.9 Å². The minimum atomic E-state index is 0. The van der Waals surface area contributed by atoms with Gasteiger partial charge in [0.15, 0.2) is 0 Å². The summed E-state index contributed by atoms with van der Waals surface area (Å²) < 4.78 is 0. The molecule has 690 valence electrons. The molecule has 0 aliphatic heterocycles. The zero-order valence-electron chi connectivity index (χ0n) is 82.7. The van der Waals surface area contributed by atoms with Gasteiger partial charge in [0.2, 0.25) is 0 Å². The monoisotopic (exact) mass is 2170 g/mol. The van der Waals surface area contributed by atoms with Crippen LogP contribution >= 0.6 is 0 Å². The van der Waals surface area contributed by atoms with Crippen molar-refractivity contribution >= 4 is 0 Å². The van der Waals surface area contributed by atoms with Gasteiger partial charge < -0.3 is 19.9 Å². The van der Waals surface area contributed by atoms with E-state index in [1.807, 2.05) is 30.9 Å². The molecule has 0 fully saturated rings. The van der Waals surface area contributed by atoms with Gasteiger partial charge in [-0.05, 0) is 235 Å². The van der Waals surface area contributed by atoms with Crippen LogP contribution in [0.15, 0.2) is 353 Å². The van der Waals surface area contributed by atoms with E-state index in [1.165, 1.54) is 44.5 Å². The summed E-state index contributed by atoms with van der Waals surface area (Å²) in [6.07, 6.45) is 13.7. The zero-order chi connectivity index (χ0) is 95.7. The quantitative estimate of drug-likeness (QED) is 0.0629. The molecule has 8 heteroatoms. The standard InChI is InChI=1S/C132H114N6.2Ir/c1-85-65-123(133-80-107(85)76-129(5,6)7)95-53-41-89(42-54-95)111-29-17-23-35-117(111)101-69-102(118-36-24-18-30-112(118)90-43-55-96(56-44-90)124-66-86(2)108(81-134-124)77-130(8,9)10)72-105(71-101)121-39-27-21-33-115(121)93-49-61-99(62-50-93)127-75-128(138-84-137-127)100-63-51-94(52-64-100)116-34-22-28-40-122(116)106-73-103(119-37-25-19-31-113(119)91-45-57-97(58-46-91)125-67-87(3)109(82-135-125)78-131(11,12)13)70-104(74-106)120-38-26-20-32-114(120)92-47-59-98(60-48-92)126-68-88(4)110(83-136-126)79-132(14,15)16;;/h17-53,55,57,59,61,63,65-75,80-84H,76-79H2,1-16H3;;/q-6;2*+3. The molecule has 0 atom stereocenters. The fourth-order valence-electron chi connectivity index (χ4n) is 19.2. The van der Waals surface area contributed by atoms with E-state index >= 15 is 0 Å². The van der Waals surface area contributed by atoms with Crippen LogP contribution in [0.3, 0.4) is 0 Å².